The van der Waals surface area contributed by atoms with E-state index in [4.69, 9.17) is 4.74 Å². The van der Waals surface area contributed by atoms with Gasteiger partial charge in [-0.1, -0.05) is 38.1 Å². The van der Waals surface area contributed by atoms with Crippen LogP contribution in [0.15, 0.2) is 48.5 Å². The second-order valence-corrected chi connectivity index (χ2v) is 6.01. The average Bonchev–Trinajstić information content (AvgIpc) is 2.66. The molecule has 1 unspecified atom stereocenters. The van der Waals surface area contributed by atoms with Gasteiger partial charge in [0.25, 0.3) is 0 Å². The molecule has 0 spiro atoms. The topological polar surface area (TPSA) is 47.6 Å². The quantitative estimate of drug-likeness (QED) is 0.623. The van der Waals surface area contributed by atoms with Gasteiger partial charge >= 0.3 is 6.61 Å². The van der Waals surface area contributed by atoms with Crippen LogP contribution >= 0.6 is 0 Å². The van der Waals surface area contributed by atoms with Crippen molar-refractivity contribution in [3.63, 3.8) is 0 Å². The molecule has 0 radical (unpaired) electrons. The third-order valence-corrected chi connectivity index (χ3v) is 4.19. The molecule has 0 fully saturated rings. The molecule has 0 saturated heterocycles. The summed E-state index contributed by atoms with van der Waals surface area (Å²) in [5.41, 5.74) is 2.48. The summed E-state index contributed by atoms with van der Waals surface area (Å²) >= 11 is 0. The van der Waals surface area contributed by atoms with E-state index < -0.39 is 6.61 Å². The molecule has 6 heteroatoms. The number of anilines is 1. The predicted octanol–water partition coefficient (Wildman–Crippen LogP) is 5.46. The maximum atomic E-state index is 12.4. The minimum Gasteiger partial charge on any atom is -0.493 e. The zero-order valence-electron chi connectivity index (χ0n) is 15.5. The van der Waals surface area contributed by atoms with E-state index in [2.05, 4.69) is 23.9 Å². The zero-order chi connectivity index (χ0) is 19.8. The Balaban J connectivity index is 2.11. The van der Waals surface area contributed by atoms with Gasteiger partial charge in [-0.2, -0.15) is 8.78 Å². The molecule has 1 N–H and O–H groups in total. The van der Waals surface area contributed by atoms with Crippen LogP contribution in [0.3, 0.4) is 0 Å². The van der Waals surface area contributed by atoms with E-state index in [1.165, 1.54) is 25.3 Å². The Morgan fingerprint density at radius 1 is 1.19 bits per heavy atom. The summed E-state index contributed by atoms with van der Waals surface area (Å²) in [6.45, 7) is 1.27. The minimum absolute atomic E-state index is 0.0587. The fraction of sp³-hybridized carbons (Fsp3) is 0.286. The van der Waals surface area contributed by atoms with Crippen molar-refractivity contribution < 1.29 is 23.0 Å². The number of para-hydroxylation sites is 1. The molecular formula is C21H23F2NO3. The standard InChI is InChI=1S/C21H23F2NO3/c1-4-14(2)16-7-5-6-8-17(16)24-20(25)12-10-15-9-11-18(27-21(22)23)19(13-15)26-3/h5-14,21H,4H2,1-3H3,(H,24,25)/b12-10+. The molecule has 2 aromatic carbocycles. The lowest BCUT2D eigenvalue weighted by Gasteiger charge is -2.14. The predicted molar refractivity (Wildman–Crippen MR) is 102 cm³/mol. The molecule has 0 heterocycles. The summed E-state index contributed by atoms with van der Waals surface area (Å²) in [5.74, 6) is 0.159. The van der Waals surface area contributed by atoms with E-state index >= 15 is 0 Å². The average molecular weight is 375 g/mol. The van der Waals surface area contributed by atoms with Gasteiger partial charge in [-0.05, 0) is 47.7 Å². The Hall–Kier alpha value is -2.89. The van der Waals surface area contributed by atoms with Crippen LogP contribution in [0.2, 0.25) is 0 Å². The van der Waals surface area contributed by atoms with Gasteiger partial charge in [0.1, 0.15) is 0 Å². The van der Waals surface area contributed by atoms with Crippen LogP contribution in [-0.4, -0.2) is 19.6 Å². The number of alkyl halides is 2. The monoisotopic (exact) mass is 375 g/mol. The molecule has 4 nitrogen and oxygen atoms in total. The number of benzene rings is 2. The summed E-state index contributed by atoms with van der Waals surface area (Å²) in [6.07, 6.45) is 3.93. The van der Waals surface area contributed by atoms with E-state index in [0.29, 0.717) is 11.5 Å². The Bertz CT molecular complexity index is 806. The van der Waals surface area contributed by atoms with Gasteiger partial charge in [0, 0.05) is 11.8 Å². The summed E-state index contributed by atoms with van der Waals surface area (Å²) in [6, 6.07) is 12.2. The normalized spacial score (nSPS) is 12.2. The number of rotatable bonds is 8. The second-order valence-electron chi connectivity index (χ2n) is 6.01. The second kappa shape index (κ2) is 9.71. The van der Waals surface area contributed by atoms with Gasteiger partial charge < -0.3 is 14.8 Å². The molecule has 0 saturated carbocycles. The largest absolute Gasteiger partial charge is 0.493 e. The van der Waals surface area contributed by atoms with Crippen LogP contribution < -0.4 is 14.8 Å². The van der Waals surface area contributed by atoms with E-state index in [1.54, 1.807) is 12.1 Å². The van der Waals surface area contributed by atoms with E-state index in [1.807, 2.05) is 24.3 Å². The van der Waals surface area contributed by atoms with Gasteiger partial charge in [-0.3, -0.25) is 4.79 Å². The van der Waals surface area contributed by atoms with E-state index in [9.17, 15) is 13.6 Å². The Morgan fingerprint density at radius 3 is 2.59 bits per heavy atom. The van der Waals surface area contributed by atoms with E-state index in [0.717, 1.165) is 17.7 Å². The molecule has 1 amide bonds. The highest BCUT2D eigenvalue weighted by Gasteiger charge is 2.11. The van der Waals surface area contributed by atoms with Gasteiger partial charge in [0.2, 0.25) is 5.91 Å². The molecule has 144 valence electrons. The maximum absolute atomic E-state index is 12.4. The number of amides is 1. The lowest BCUT2D eigenvalue weighted by atomic mass is 9.97. The van der Waals surface area contributed by atoms with Crippen molar-refractivity contribution in [2.45, 2.75) is 32.8 Å². The molecule has 0 aromatic heterocycles. The van der Waals surface area contributed by atoms with Crippen LogP contribution in [-0.2, 0) is 4.79 Å². The number of methoxy groups -OCH3 is 1. The van der Waals surface area contributed by atoms with Gasteiger partial charge in [-0.25, -0.2) is 0 Å². The molecular weight excluding hydrogens is 352 g/mol. The van der Waals surface area contributed by atoms with Gasteiger partial charge in [0.15, 0.2) is 11.5 Å². The number of carbonyl (C=O) groups excluding carboxylic acids is 1. The molecule has 27 heavy (non-hydrogen) atoms. The fourth-order valence-electron chi connectivity index (χ4n) is 2.59. The highest BCUT2D eigenvalue weighted by atomic mass is 19.3. The first-order chi connectivity index (χ1) is 12.9. The van der Waals surface area contributed by atoms with Crippen molar-refractivity contribution in [3.8, 4) is 11.5 Å². The van der Waals surface area contributed by atoms with Crippen LogP contribution in [0.5, 0.6) is 11.5 Å². The zero-order valence-corrected chi connectivity index (χ0v) is 15.5. The van der Waals surface area contributed by atoms with Crippen LogP contribution in [0.1, 0.15) is 37.3 Å². The number of ether oxygens (including phenoxy) is 2. The molecule has 0 aliphatic rings. The van der Waals surface area contributed by atoms with Crippen molar-refractivity contribution in [2.24, 2.45) is 0 Å². The van der Waals surface area contributed by atoms with E-state index in [-0.39, 0.29) is 17.4 Å². The lowest BCUT2D eigenvalue weighted by molar-refractivity contribution is -0.111. The van der Waals surface area contributed by atoms with Crippen LogP contribution in [0.25, 0.3) is 6.08 Å². The van der Waals surface area contributed by atoms with Crippen molar-refractivity contribution in [2.75, 3.05) is 12.4 Å². The van der Waals surface area contributed by atoms with Crippen LogP contribution in [0, 0.1) is 0 Å². The van der Waals surface area contributed by atoms with Crippen molar-refractivity contribution >= 4 is 17.7 Å². The van der Waals surface area contributed by atoms with Gasteiger partial charge in [0.05, 0.1) is 7.11 Å². The Morgan fingerprint density at radius 2 is 1.93 bits per heavy atom. The third kappa shape index (κ3) is 5.81. The number of hydrogen-bond acceptors (Lipinski definition) is 3. The molecule has 0 aliphatic carbocycles. The third-order valence-electron chi connectivity index (χ3n) is 4.19. The smallest absolute Gasteiger partial charge is 0.387 e. The van der Waals surface area contributed by atoms with Crippen LogP contribution in [0.4, 0.5) is 14.5 Å². The SMILES string of the molecule is CCC(C)c1ccccc1NC(=O)/C=C/c1ccc(OC(F)F)c(OC)c1. The van der Waals surface area contributed by atoms with Crippen molar-refractivity contribution in [1.29, 1.82) is 0 Å². The minimum atomic E-state index is -2.93. The number of nitrogens with one attached hydrogen (secondary N) is 1. The number of carbonyl (C=O) groups is 1. The highest BCUT2D eigenvalue weighted by Crippen LogP contribution is 2.30. The summed E-state index contributed by atoms with van der Waals surface area (Å²) in [4.78, 5) is 12.3. The number of hydrogen-bond donors (Lipinski definition) is 1. The molecule has 0 aliphatic heterocycles. The molecule has 2 rings (SSSR count). The Labute approximate surface area is 157 Å². The first-order valence-electron chi connectivity index (χ1n) is 8.65. The first-order valence-corrected chi connectivity index (χ1v) is 8.65. The van der Waals surface area contributed by atoms with Crippen molar-refractivity contribution in [1.82, 2.24) is 0 Å². The van der Waals surface area contributed by atoms with Crippen molar-refractivity contribution in [3.05, 3.63) is 59.7 Å². The van der Waals surface area contributed by atoms with Gasteiger partial charge in [-0.15, -0.1) is 0 Å². The lowest BCUT2D eigenvalue weighted by Crippen LogP contribution is -2.10. The molecule has 0 bridgehead atoms. The maximum Gasteiger partial charge on any atom is 0.387 e. The number of halogens is 2. The fourth-order valence-corrected chi connectivity index (χ4v) is 2.59. The Kier molecular flexibility index (Phi) is 7.34. The summed E-state index contributed by atoms with van der Waals surface area (Å²) < 4.78 is 34.2. The summed E-state index contributed by atoms with van der Waals surface area (Å²) in [7, 11) is 1.36. The first kappa shape index (κ1) is 20.4. The molecule has 2 aromatic rings. The summed E-state index contributed by atoms with van der Waals surface area (Å²) in [5, 5.41) is 2.88. The highest BCUT2D eigenvalue weighted by molar-refractivity contribution is 6.02. The molecule has 1 atom stereocenters.